The number of benzene rings is 1. The minimum absolute atomic E-state index is 0.226. The molecule has 0 unspecified atom stereocenters. The number of rotatable bonds is 6. The van der Waals surface area contributed by atoms with E-state index in [-0.39, 0.29) is 6.10 Å². The first-order chi connectivity index (χ1) is 12.5. The van der Waals surface area contributed by atoms with Crippen LogP contribution >= 0.6 is 23.2 Å². The van der Waals surface area contributed by atoms with Crippen LogP contribution in [0.4, 0.5) is 5.82 Å². The third-order valence-corrected chi connectivity index (χ3v) is 5.17. The number of hydrogen-bond donors (Lipinski definition) is 1. The molecule has 3 rings (SSSR count). The number of piperidine rings is 1. The second-order valence-electron chi connectivity index (χ2n) is 6.60. The molecule has 0 bridgehead atoms. The van der Waals surface area contributed by atoms with Crippen LogP contribution < -0.4 is 10.1 Å². The number of likely N-dealkylation sites (tertiary alicyclic amines) is 1. The summed E-state index contributed by atoms with van der Waals surface area (Å²) in [5.74, 6) is 2.48. The highest BCUT2D eigenvalue weighted by molar-refractivity contribution is 6.42. The number of hydrogen-bond acceptors (Lipinski definition) is 5. The van der Waals surface area contributed by atoms with E-state index in [9.17, 15) is 0 Å². The predicted molar refractivity (Wildman–Crippen MR) is 107 cm³/mol. The minimum atomic E-state index is 0.226. The van der Waals surface area contributed by atoms with Gasteiger partial charge in [-0.05, 0) is 38.8 Å². The van der Waals surface area contributed by atoms with E-state index in [1.54, 1.807) is 12.1 Å². The molecule has 0 atom stereocenters. The molecule has 1 saturated heterocycles. The van der Waals surface area contributed by atoms with Gasteiger partial charge in [0.2, 0.25) is 0 Å². The van der Waals surface area contributed by atoms with Crippen LogP contribution in [0.5, 0.6) is 5.75 Å². The van der Waals surface area contributed by atoms with Crippen molar-refractivity contribution in [3.8, 4) is 5.75 Å². The quantitative estimate of drug-likeness (QED) is 0.788. The first-order valence-corrected chi connectivity index (χ1v) is 9.65. The topological polar surface area (TPSA) is 50.3 Å². The smallest absolute Gasteiger partial charge is 0.129 e. The predicted octanol–water partition coefficient (Wildman–Crippen LogP) is 4.36. The van der Waals surface area contributed by atoms with Gasteiger partial charge in [0.25, 0.3) is 0 Å². The third kappa shape index (κ3) is 5.47. The molecule has 1 fully saturated rings. The van der Waals surface area contributed by atoms with Crippen LogP contribution in [0.3, 0.4) is 0 Å². The summed E-state index contributed by atoms with van der Waals surface area (Å²) in [5.41, 5.74) is 0.986. The fourth-order valence-electron chi connectivity index (χ4n) is 3.14. The Hall–Kier alpha value is -1.56. The number of ether oxygens (including phenoxy) is 1. The summed E-state index contributed by atoms with van der Waals surface area (Å²) in [6.07, 6.45) is 2.24. The Labute approximate surface area is 164 Å². The van der Waals surface area contributed by atoms with E-state index in [1.807, 2.05) is 26.0 Å². The van der Waals surface area contributed by atoms with Crippen molar-refractivity contribution in [2.24, 2.45) is 0 Å². The van der Waals surface area contributed by atoms with Gasteiger partial charge in [0.15, 0.2) is 0 Å². The zero-order valence-corrected chi connectivity index (χ0v) is 16.6. The average Bonchev–Trinajstić information content (AvgIpc) is 2.59. The van der Waals surface area contributed by atoms with Gasteiger partial charge in [-0.15, -0.1) is 0 Å². The standard InChI is InChI=1S/C19H24Cl2N4O/c1-13-11-19(24-14(2)23-13)22-7-10-25-8-5-15(6-9-25)26-16-3-4-17(20)18(21)12-16/h3-4,11-12,15H,5-10H2,1-2H3,(H,22,23,24). The van der Waals surface area contributed by atoms with Crippen molar-refractivity contribution in [2.75, 3.05) is 31.5 Å². The number of nitrogens with one attached hydrogen (secondary N) is 1. The van der Waals surface area contributed by atoms with E-state index in [0.29, 0.717) is 10.0 Å². The number of nitrogens with zero attached hydrogens (tertiary/aromatic N) is 3. The molecule has 1 N–H and O–H groups in total. The Balaban J connectivity index is 1.40. The maximum absolute atomic E-state index is 6.05. The Bertz CT molecular complexity index is 728. The monoisotopic (exact) mass is 394 g/mol. The van der Waals surface area contributed by atoms with Gasteiger partial charge in [-0.2, -0.15) is 0 Å². The average molecular weight is 395 g/mol. The molecule has 0 radical (unpaired) electrons. The number of halogens is 2. The van der Waals surface area contributed by atoms with Gasteiger partial charge in [0.05, 0.1) is 10.0 Å². The summed E-state index contributed by atoms with van der Waals surface area (Å²) in [4.78, 5) is 11.1. The van der Waals surface area contributed by atoms with Crippen LogP contribution in [-0.4, -0.2) is 47.2 Å². The van der Waals surface area contributed by atoms with Crippen LogP contribution in [-0.2, 0) is 0 Å². The fraction of sp³-hybridized carbons (Fsp3) is 0.474. The van der Waals surface area contributed by atoms with Crippen LogP contribution in [0.25, 0.3) is 0 Å². The summed E-state index contributed by atoms with van der Waals surface area (Å²) in [7, 11) is 0. The maximum Gasteiger partial charge on any atom is 0.129 e. The van der Waals surface area contributed by atoms with Crippen molar-refractivity contribution in [3.05, 3.63) is 45.8 Å². The van der Waals surface area contributed by atoms with Gasteiger partial charge < -0.3 is 15.0 Å². The van der Waals surface area contributed by atoms with Gasteiger partial charge in [-0.25, -0.2) is 9.97 Å². The van der Waals surface area contributed by atoms with Gasteiger partial charge >= 0.3 is 0 Å². The van der Waals surface area contributed by atoms with Crippen molar-refractivity contribution in [1.82, 2.24) is 14.9 Å². The highest BCUT2D eigenvalue weighted by atomic mass is 35.5. The molecular weight excluding hydrogens is 371 g/mol. The van der Waals surface area contributed by atoms with E-state index in [0.717, 1.165) is 62.1 Å². The molecule has 1 aliphatic heterocycles. The highest BCUT2D eigenvalue weighted by Gasteiger charge is 2.20. The molecule has 7 heteroatoms. The molecule has 0 saturated carbocycles. The first kappa shape index (κ1) is 19.2. The Kier molecular flexibility index (Phi) is 6.57. The normalized spacial score (nSPS) is 15.8. The minimum Gasteiger partial charge on any atom is -0.490 e. The zero-order chi connectivity index (χ0) is 18.5. The summed E-state index contributed by atoms with van der Waals surface area (Å²) in [6, 6.07) is 7.41. The summed E-state index contributed by atoms with van der Waals surface area (Å²) in [6.45, 7) is 7.80. The van der Waals surface area contributed by atoms with Gasteiger partial charge in [0.1, 0.15) is 23.5 Å². The lowest BCUT2D eigenvalue weighted by molar-refractivity contribution is 0.103. The molecule has 5 nitrogen and oxygen atoms in total. The zero-order valence-electron chi connectivity index (χ0n) is 15.1. The van der Waals surface area contributed by atoms with E-state index in [1.165, 1.54) is 0 Å². The second kappa shape index (κ2) is 8.89. The molecule has 0 amide bonds. The van der Waals surface area contributed by atoms with E-state index in [2.05, 4.69) is 20.2 Å². The second-order valence-corrected chi connectivity index (χ2v) is 7.42. The van der Waals surface area contributed by atoms with Gasteiger partial charge in [-0.3, -0.25) is 0 Å². The maximum atomic E-state index is 6.05. The molecule has 2 heterocycles. The molecule has 140 valence electrons. The van der Waals surface area contributed by atoms with E-state index < -0.39 is 0 Å². The van der Waals surface area contributed by atoms with Crippen LogP contribution in [0.1, 0.15) is 24.4 Å². The van der Waals surface area contributed by atoms with Crippen molar-refractivity contribution >= 4 is 29.0 Å². The van der Waals surface area contributed by atoms with E-state index >= 15 is 0 Å². The Morgan fingerprint density at radius 2 is 1.88 bits per heavy atom. The lowest BCUT2D eigenvalue weighted by Gasteiger charge is -2.32. The van der Waals surface area contributed by atoms with Gasteiger partial charge in [-0.1, -0.05) is 23.2 Å². The number of aromatic nitrogens is 2. The lowest BCUT2D eigenvalue weighted by atomic mass is 10.1. The largest absolute Gasteiger partial charge is 0.490 e. The van der Waals surface area contributed by atoms with Crippen LogP contribution in [0.2, 0.25) is 10.0 Å². The van der Waals surface area contributed by atoms with Crippen LogP contribution in [0, 0.1) is 13.8 Å². The van der Waals surface area contributed by atoms with Gasteiger partial charge in [0, 0.05) is 44.0 Å². The van der Waals surface area contributed by atoms with Crippen molar-refractivity contribution in [3.63, 3.8) is 0 Å². The Morgan fingerprint density at radius 3 is 2.58 bits per heavy atom. The fourth-order valence-corrected chi connectivity index (χ4v) is 3.43. The highest BCUT2D eigenvalue weighted by Crippen LogP contribution is 2.28. The molecule has 2 aromatic rings. The molecule has 1 aliphatic rings. The number of anilines is 1. The molecule has 26 heavy (non-hydrogen) atoms. The summed E-state index contributed by atoms with van der Waals surface area (Å²) in [5, 5.41) is 4.47. The molecular formula is C19H24Cl2N4O. The summed E-state index contributed by atoms with van der Waals surface area (Å²) >= 11 is 12.0. The third-order valence-electron chi connectivity index (χ3n) is 4.43. The van der Waals surface area contributed by atoms with Crippen molar-refractivity contribution in [2.45, 2.75) is 32.8 Å². The van der Waals surface area contributed by atoms with Crippen molar-refractivity contribution in [1.29, 1.82) is 0 Å². The summed E-state index contributed by atoms with van der Waals surface area (Å²) < 4.78 is 6.04. The van der Waals surface area contributed by atoms with Crippen molar-refractivity contribution < 1.29 is 4.74 Å². The molecule has 0 aliphatic carbocycles. The molecule has 1 aromatic heterocycles. The molecule has 0 spiro atoms. The first-order valence-electron chi connectivity index (χ1n) is 8.90. The molecule has 1 aromatic carbocycles. The van der Waals surface area contributed by atoms with E-state index in [4.69, 9.17) is 27.9 Å². The Morgan fingerprint density at radius 1 is 1.12 bits per heavy atom. The lowest BCUT2D eigenvalue weighted by Crippen LogP contribution is -2.40. The SMILES string of the molecule is Cc1cc(NCCN2CCC(Oc3ccc(Cl)c(Cl)c3)CC2)nc(C)n1. The van der Waals surface area contributed by atoms with Crippen LogP contribution in [0.15, 0.2) is 24.3 Å². The number of aryl methyl sites for hydroxylation is 2.